The molecule has 0 saturated carbocycles. The van der Waals surface area contributed by atoms with E-state index in [0.29, 0.717) is 11.5 Å². The molecule has 0 spiro atoms. The van der Waals surface area contributed by atoms with Crippen LogP contribution in [0.25, 0.3) is 0 Å². The van der Waals surface area contributed by atoms with Crippen molar-refractivity contribution in [3.8, 4) is 11.5 Å². The van der Waals surface area contributed by atoms with Crippen LogP contribution >= 0.6 is 0 Å². The molecule has 2 nitrogen and oxygen atoms in total. The van der Waals surface area contributed by atoms with Gasteiger partial charge < -0.3 is 10.2 Å². The second-order valence-corrected chi connectivity index (χ2v) is 14.6. The lowest BCUT2D eigenvalue weighted by Gasteiger charge is -2.29. The highest BCUT2D eigenvalue weighted by molar-refractivity contribution is 6.39. The topological polar surface area (TPSA) is 40.5 Å². The third-order valence-electron chi connectivity index (χ3n) is 7.03. The summed E-state index contributed by atoms with van der Waals surface area (Å²) in [7, 11) is 0. The van der Waals surface area contributed by atoms with Gasteiger partial charge in [0.1, 0.15) is 11.5 Å². The molecule has 0 aliphatic heterocycles. The summed E-state index contributed by atoms with van der Waals surface area (Å²) in [6.07, 6.45) is 7.81. The SMILES string of the molecule is CCCCCCC[CH2][AlH][CH](c1cc(C)cc(C(C)(C)C)c1O)c1cc(C)cc(C(C)(C)C)c1O. The zero-order valence-corrected chi connectivity index (χ0v) is 24.9. The molecule has 0 aliphatic carbocycles. The number of aryl methyl sites for hydroxylation is 2. The Kier molecular flexibility index (Phi) is 10.2. The molecule has 0 fully saturated rings. The van der Waals surface area contributed by atoms with Gasteiger partial charge in [0.05, 0.1) is 0 Å². The van der Waals surface area contributed by atoms with Gasteiger partial charge in [0.15, 0.2) is 0 Å². The van der Waals surface area contributed by atoms with Crippen LogP contribution in [-0.4, -0.2) is 25.4 Å². The first kappa shape index (κ1) is 28.8. The Morgan fingerprint density at radius 1 is 0.676 bits per heavy atom. The number of phenols is 2. The second-order valence-electron chi connectivity index (χ2n) is 12.5. The van der Waals surface area contributed by atoms with Crippen LogP contribution in [0.1, 0.15) is 125 Å². The first-order chi connectivity index (χ1) is 15.8. The molecule has 2 aromatic carbocycles. The van der Waals surface area contributed by atoms with Crippen LogP contribution in [0.5, 0.6) is 11.5 Å². The minimum absolute atomic E-state index is 0.109. The van der Waals surface area contributed by atoms with Crippen molar-refractivity contribution < 1.29 is 10.2 Å². The normalized spacial score (nSPS) is 12.4. The van der Waals surface area contributed by atoms with Crippen molar-refractivity contribution in [3.63, 3.8) is 0 Å². The monoisotopic (exact) mass is 480 g/mol. The average Bonchev–Trinajstić information content (AvgIpc) is 2.72. The number of aromatic hydroxyl groups is 2. The zero-order valence-electron chi connectivity index (χ0n) is 23.4. The average molecular weight is 481 g/mol. The summed E-state index contributed by atoms with van der Waals surface area (Å²) in [5.74, 6) is 0.855. The molecule has 0 radical (unpaired) electrons. The molecular weight excluding hydrogens is 431 g/mol. The van der Waals surface area contributed by atoms with Crippen molar-refractivity contribution in [2.45, 2.75) is 122 Å². The molecule has 34 heavy (non-hydrogen) atoms. The number of unbranched alkanes of at least 4 members (excludes halogenated alkanes) is 5. The highest BCUT2D eigenvalue weighted by Crippen LogP contribution is 2.44. The smallest absolute Gasteiger partial charge is 0.254 e. The number of hydrogen-bond acceptors (Lipinski definition) is 2. The van der Waals surface area contributed by atoms with E-state index in [-0.39, 0.29) is 15.6 Å². The van der Waals surface area contributed by atoms with Gasteiger partial charge in [-0.15, -0.1) is 0 Å². The fourth-order valence-corrected chi connectivity index (χ4v) is 7.37. The van der Waals surface area contributed by atoms with Crippen molar-refractivity contribution in [3.05, 3.63) is 57.6 Å². The van der Waals surface area contributed by atoms with E-state index in [1.807, 2.05) is 0 Å². The molecule has 2 N–H and O–H groups in total. The van der Waals surface area contributed by atoms with Crippen molar-refractivity contribution in [2.24, 2.45) is 0 Å². The summed E-state index contributed by atoms with van der Waals surface area (Å²) < 4.78 is 0.109. The molecule has 0 bridgehead atoms. The molecule has 0 heterocycles. The van der Waals surface area contributed by atoms with E-state index in [1.165, 1.54) is 54.9 Å². The molecule has 0 aromatic heterocycles. The van der Waals surface area contributed by atoms with Gasteiger partial charge in [0, 0.05) is 0 Å². The number of benzene rings is 2. The van der Waals surface area contributed by atoms with Gasteiger partial charge in [-0.1, -0.05) is 128 Å². The number of hydrogen-bond donors (Lipinski definition) is 2. The highest BCUT2D eigenvalue weighted by atomic mass is 27.1. The van der Waals surface area contributed by atoms with E-state index in [2.05, 4.69) is 86.6 Å². The lowest BCUT2D eigenvalue weighted by Crippen LogP contribution is -2.18. The third-order valence-corrected chi connectivity index (χ3v) is 9.40. The lowest BCUT2D eigenvalue weighted by molar-refractivity contribution is 0.434. The summed E-state index contributed by atoms with van der Waals surface area (Å²) in [4.78, 5) is 0. The predicted molar refractivity (Wildman–Crippen MR) is 150 cm³/mol. The fraction of sp³-hybridized carbons (Fsp3) is 0.613. The van der Waals surface area contributed by atoms with E-state index < -0.39 is 15.2 Å². The Bertz CT molecular complexity index is 878. The van der Waals surface area contributed by atoms with Crippen LogP contribution in [0.2, 0.25) is 5.28 Å². The summed E-state index contributed by atoms with van der Waals surface area (Å²) >= 11 is -0.625. The summed E-state index contributed by atoms with van der Waals surface area (Å²) in [5, 5.41) is 24.3. The molecule has 0 aliphatic rings. The van der Waals surface area contributed by atoms with Gasteiger partial charge in [-0.3, -0.25) is 0 Å². The highest BCUT2D eigenvalue weighted by Gasteiger charge is 2.30. The third kappa shape index (κ3) is 7.53. The van der Waals surface area contributed by atoms with Crippen LogP contribution in [0.15, 0.2) is 24.3 Å². The van der Waals surface area contributed by atoms with E-state index in [9.17, 15) is 10.2 Å². The van der Waals surface area contributed by atoms with Gasteiger partial charge in [0.25, 0.3) is 15.2 Å². The molecule has 3 heteroatoms. The molecule has 188 valence electrons. The Hall–Kier alpha value is -1.43. The van der Waals surface area contributed by atoms with Crippen molar-refractivity contribution >= 4 is 15.2 Å². The first-order valence-electron chi connectivity index (χ1n) is 13.4. The molecule has 0 unspecified atom stereocenters. The fourth-order valence-electron chi connectivity index (χ4n) is 5.07. The maximum absolute atomic E-state index is 11.5. The Labute approximate surface area is 215 Å². The van der Waals surface area contributed by atoms with Gasteiger partial charge in [0.2, 0.25) is 0 Å². The Balaban J connectivity index is 2.54. The standard InChI is InChI=1S/C23H31O2.C8H17.Al.H/c1-14-9-16(20(24)18(11-14)22(3,4)5)13-17-10-15(2)12-19(21(17)25)23(6,7)8;1-3-5-7-8-6-4-2;;/h9-13,24-25H,1-8H3;1,3-8H2,2H3;;. The minimum Gasteiger partial charge on any atom is -0.507 e. The maximum Gasteiger partial charge on any atom is 0.254 e. The van der Waals surface area contributed by atoms with Crippen LogP contribution < -0.4 is 0 Å². The van der Waals surface area contributed by atoms with Crippen molar-refractivity contribution in [1.82, 2.24) is 0 Å². The van der Waals surface area contributed by atoms with Gasteiger partial charge in [-0.05, 0) is 51.7 Å². The van der Waals surface area contributed by atoms with Crippen LogP contribution in [-0.2, 0) is 10.8 Å². The molecule has 2 rings (SSSR count). The van der Waals surface area contributed by atoms with Crippen molar-refractivity contribution in [1.29, 1.82) is 0 Å². The van der Waals surface area contributed by atoms with Crippen LogP contribution in [0, 0.1) is 13.8 Å². The second kappa shape index (κ2) is 12.0. The molecule has 0 atom stereocenters. The zero-order chi connectivity index (χ0) is 25.7. The summed E-state index contributed by atoms with van der Waals surface area (Å²) in [6, 6.07) is 8.59. The van der Waals surface area contributed by atoms with Crippen LogP contribution in [0.3, 0.4) is 0 Å². The summed E-state index contributed by atoms with van der Waals surface area (Å²) in [6.45, 7) is 19.5. The van der Waals surface area contributed by atoms with E-state index in [4.69, 9.17) is 0 Å². The number of phenolic OH excluding ortho intramolecular Hbond substituents is 2. The Morgan fingerprint density at radius 3 is 1.50 bits per heavy atom. The van der Waals surface area contributed by atoms with Crippen LogP contribution in [0.4, 0.5) is 0 Å². The van der Waals surface area contributed by atoms with E-state index >= 15 is 0 Å². The Morgan fingerprint density at radius 2 is 1.09 bits per heavy atom. The minimum atomic E-state index is -0.625. The van der Waals surface area contributed by atoms with E-state index in [1.54, 1.807) is 0 Å². The van der Waals surface area contributed by atoms with Gasteiger partial charge >= 0.3 is 0 Å². The summed E-state index contributed by atoms with van der Waals surface area (Å²) in [5.41, 5.74) is 6.13. The molecular formula is C31H49AlO2. The number of rotatable bonds is 10. The van der Waals surface area contributed by atoms with E-state index in [0.717, 1.165) is 22.3 Å². The van der Waals surface area contributed by atoms with Crippen molar-refractivity contribution in [2.75, 3.05) is 0 Å². The molecule has 2 aromatic rings. The van der Waals surface area contributed by atoms with Gasteiger partial charge in [-0.2, -0.15) is 0 Å². The first-order valence-corrected chi connectivity index (χ1v) is 15.3. The molecule has 0 amide bonds. The quantitative estimate of drug-likeness (QED) is 0.264. The molecule has 0 saturated heterocycles. The maximum atomic E-state index is 11.5. The van der Waals surface area contributed by atoms with Gasteiger partial charge in [-0.25, -0.2) is 0 Å². The predicted octanol–water partition coefficient (Wildman–Crippen LogP) is 8.61. The lowest BCUT2D eigenvalue weighted by atomic mass is 9.81. The largest absolute Gasteiger partial charge is 0.507 e.